The lowest BCUT2D eigenvalue weighted by Gasteiger charge is -2.29. The molecule has 1 unspecified atom stereocenters. The Morgan fingerprint density at radius 2 is 1.81 bits per heavy atom. The first-order chi connectivity index (χ1) is 10.1. The number of likely N-dealkylation sites (tertiary alicyclic amines) is 1. The monoisotopic (exact) mass is 298 g/mol. The van der Waals surface area contributed by atoms with Gasteiger partial charge in [-0.2, -0.15) is 0 Å². The molecule has 0 aromatic rings. The van der Waals surface area contributed by atoms with E-state index in [0.717, 1.165) is 25.7 Å². The first kappa shape index (κ1) is 15.8. The number of hydrogen-bond donors (Lipinski definition) is 2. The Morgan fingerprint density at radius 1 is 1.10 bits per heavy atom. The first-order valence-corrected chi connectivity index (χ1v) is 7.48. The number of rotatable bonds is 5. The average molecular weight is 298 g/mol. The third-order valence-corrected chi connectivity index (χ3v) is 4.21. The molecule has 0 aromatic heterocycles. The van der Waals surface area contributed by atoms with Gasteiger partial charge >= 0.3 is 12.0 Å². The number of ether oxygens (including phenoxy) is 1. The Hall–Kier alpha value is -1.63. The highest BCUT2D eigenvalue weighted by atomic mass is 16.5. The Labute approximate surface area is 123 Å². The average Bonchev–Trinajstić information content (AvgIpc) is 3.09. The predicted octanol–water partition coefficient (Wildman–Crippen LogP) is 0.978. The lowest BCUT2D eigenvalue weighted by Crippen LogP contribution is -2.48. The number of imide groups is 1. The highest BCUT2D eigenvalue weighted by Gasteiger charge is 2.36. The number of carbonyl (C=O) groups is 3. The zero-order chi connectivity index (χ0) is 15.2. The maximum absolute atomic E-state index is 12.1. The second-order valence-corrected chi connectivity index (χ2v) is 5.69. The smallest absolute Gasteiger partial charge is 0.329 e. The number of nitrogens with zero attached hydrogens (tertiary/aromatic N) is 1. The molecule has 3 amide bonds. The molecule has 7 nitrogen and oxygen atoms in total. The van der Waals surface area contributed by atoms with Crippen molar-refractivity contribution in [1.82, 2.24) is 10.2 Å². The largest absolute Gasteiger partial charge is 0.480 e. The van der Waals surface area contributed by atoms with Crippen molar-refractivity contribution in [2.75, 3.05) is 19.8 Å². The second kappa shape index (κ2) is 7.40. The van der Waals surface area contributed by atoms with E-state index in [0.29, 0.717) is 12.5 Å². The first-order valence-electron chi connectivity index (χ1n) is 7.48. The van der Waals surface area contributed by atoms with Crippen LogP contribution in [0.25, 0.3) is 0 Å². The van der Waals surface area contributed by atoms with Gasteiger partial charge in [-0.15, -0.1) is 0 Å². The zero-order valence-electron chi connectivity index (χ0n) is 12.0. The van der Waals surface area contributed by atoms with Crippen molar-refractivity contribution >= 4 is 17.9 Å². The predicted molar refractivity (Wildman–Crippen MR) is 73.7 cm³/mol. The van der Waals surface area contributed by atoms with Gasteiger partial charge in [0.05, 0.1) is 0 Å². The lowest BCUT2D eigenvalue weighted by molar-refractivity contribution is -0.143. The quantitative estimate of drug-likeness (QED) is 0.788. The van der Waals surface area contributed by atoms with Gasteiger partial charge in [0.25, 0.3) is 5.91 Å². The summed E-state index contributed by atoms with van der Waals surface area (Å²) in [6.45, 7) is -0.285. The summed E-state index contributed by atoms with van der Waals surface area (Å²) >= 11 is 0. The fourth-order valence-corrected chi connectivity index (χ4v) is 3.34. The van der Waals surface area contributed by atoms with Crippen LogP contribution in [0.4, 0.5) is 4.79 Å². The number of nitrogens with one attached hydrogen (secondary N) is 1. The molecular weight excluding hydrogens is 276 g/mol. The highest BCUT2D eigenvalue weighted by molar-refractivity contribution is 5.95. The summed E-state index contributed by atoms with van der Waals surface area (Å²) in [6.07, 6.45) is 6.73. The summed E-state index contributed by atoms with van der Waals surface area (Å²) < 4.78 is 4.66. The summed E-state index contributed by atoms with van der Waals surface area (Å²) in [4.78, 5) is 35.7. The minimum absolute atomic E-state index is 0.236. The van der Waals surface area contributed by atoms with E-state index in [1.165, 1.54) is 12.8 Å². The molecule has 2 fully saturated rings. The van der Waals surface area contributed by atoms with E-state index in [2.05, 4.69) is 10.1 Å². The van der Waals surface area contributed by atoms with Crippen LogP contribution >= 0.6 is 0 Å². The van der Waals surface area contributed by atoms with Gasteiger partial charge in [0, 0.05) is 12.6 Å². The van der Waals surface area contributed by atoms with Crippen molar-refractivity contribution < 1.29 is 24.2 Å². The summed E-state index contributed by atoms with van der Waals surface area (Å²) in [5.74, 6) is -1.19. The van der Waals surface area contributed by atoms with Gasteiger partial charge in [-0.05, 0) is 31.6 Å². The van der Waals surface area contributed by atoms with Gasteiger partial charge in [-0.1, -0.05) is 12.8 Å². The van der Waals surface area contributed by atoms with Crippen molar-refractivity contribution in [2.45, 2.75) is 44.6 Å². The van der Waals surface area contributed by atoms with Crippen LogP contribution in [0.5, 0.6) is 0 Å². The molecule has 2 aliphatic rings. The molecule has 0 aromatic carbocycles. The Kier molecular flexibility index (Phi) is 5.55. The molecular formula is C14H22N2O5. The van der Waals surface area contributed by atoms with Crippen LogP contribution in [0.15, 0.2) is 0 Å². The van der Waals surface area contributed by atoms with E-state index in [9.17, 15) is 14.4 Å². The Bertz CT molecular complexity index is 406. The number of carboxylic acid groups (broad SMARTS) is 1. The van der Waals surface area contributed by atoms with Crippen LogP contribution in [0, 0.1) is 5.92 Å². The number of urea groups is 1. The van der Waals surface area contributed by atoms with E-state index < -0.39 is 25.1 Å². The van der Waals surface area contributed by atoms with Crippen molar-refractivity contribution in [3.8, 4) is 0 Å². The van der Waals surface area contributed by atoms with Crippen LogP contribution < -0.4 is 5.32 Å². The maximum Gasteiger partial charge on any atom is 0.329 e. The summed E-state index contributed by atoms with van der Waals surface area (Å²) in [5.41, 5.74) is 0. The van der Waals surface area contributed by atoms with Crippen LogP contribution in [-0.2, 0) is 14.3 Å². The van der Waals surface area contributed by atoms with E-state index >= 15 is 0 Å². The minimum atomic E-state index is -1.14. The number of carbonyl (C=O) groups excluding carboxylic acids is 2. The van der Waals surface area contributed by atoms with Gasteiger partial charge in [-0.25, -0.2) is 9.59 Å². The molecule has 2 rings (SSSR count). The van der Waals surface area contributed by atoms with Gasteiger partial charge in [-0.3, -0.25) is 10.1 Å². The molecule has 0 bridgehead atoms. The Balaban J connectivity index is 1.78. The zero-order valence-corrected chi connectivity index (χ0v) is 12.0. The van der Waals surface area contributed by atoms with Gasteiger partial charge in [0.15, 0.2) is 0 Å². The van der Waals surface area contributed by atoms with Crippen LogP contribution in [-0.4, -0.2) is 53.7 Å². The van der Waals surface area contributed by atoms with Crippen LogP contribution in [0.1, 0.15) is 38.5 Å². The fourth-order valence-electron chi connectivity index (χ4n) is 3.34. The topological polar surface area (TPSA) is 95.9 Å². The molecule has 1 aliphatic carbocycles. The molecule has 1 heterocycles. The van der Waals surface area contributed by atoms with Crippen LogP contribution in [0.3, 0.4) is 0 Å². The Morgan fingerprint density at radius 3 is 2.48 bits per heavy atom. The molecule has 118 valence electrons. The lowest BCUT2D eigenvalue weighted by atomic mass is 9.96. The summed E-state index contributed by atoms with van der Waals surface area (Å²) in [7, 11) is 0. The number of aliphatic carboxylic acids is 1. The molecule has 1 saturated heterocycles. The van der Waals surface area contributed by atoms with Crippen molar-refractivity contribution in [3.63, 3.8) is 0 Å². The molecule has 21 heavy (non-hydrogen) atoms. The molecule has 1 atom stereocenters. The van der Waals surface area contributed by atoms with E-state index in [4.69, 9.17) is 5.11 Å². The van der Waals surface area contributed by atoms with Crippen molar-refractivity contribution in [1.29, 1.82) is 0 Å². The molecule has 7 heteroatoms. The van der Waals surface area contributed by atoms with Gasteiger partial charge < -0.3 is 14.7 Å². The summed E-state index contributed by atoms with van der Waals surface area (Å²) in [5, 5.41) is 10.7. The standard InChI is InChI=1S/C14H22N2O5/c17-12(8-21-9-13(18)19)15-14(20)16-7-3-6-11(16)10-4-1-2-5-10/h10-11H,1-9H2,(H,18,19)(H,15,17,20). The SMILES string of the molecule is O=C(O)COCC(=O)NC(=O)N1CCCC1C1CCCC1. The normalized spacial score (nSPS) is 22.5. The number of amides is 3. The minimum Gasteiger partial charge on any atom is -0.480 e. The van der Waals surface area contributed by atoms with Gasteiger partial charge in [0.1, 0.15) is 13.2 Å². The summed E-state index contributed by atoms with van der Waals surface area (Å²) in [6, 6.07) is -0.145. The molecule has 0 radical (unpaired) electrons. The number of hydrogen-bond acceptors (Lipinski definition) is 4. The third-order valence-electron chi connectivity index (χ3n) is 4.21. The molecule has 1 aliphatic heterocycles. The molecule has 2 N–H and O–H groups in total. The fraction of sp³-hybridized carbons (Fsp3) is 0.786. The van der Waals surface area contributed by atoms with Crippen LogP contribution in [0.2, 0.25) is 0 Å². The van der Waals surface area contributed by atoms with Gasteiger partial charge in [0.2, 0.25) is 0 Å². The second-order valence-electron chi connectivity index (χ2n) is 5.69. The van der Waals surface area contributed by atoms with Crippen molar-refractivity contribution in [3.05, 3.63) is 0 Å². The van der Waals surface area contributed by atoms with E-state index in [1.807, 2.05) is 0 Å². The number of carboxylic acids is 1. The van der Waals surface area contributed by atoms with E-state index in [1.54, 1.807) is 4.90 Å². The third kappa shape index (κ3) is 4.42. The highest BCUT2D eigenvalue weighted by Crippen LogP contribution is 2.35. The molecule has 0 spiro atoms. The maximum atomic E-state index is 12.1. The van der Waals surface area contributed by atoms with E-state index in [-0.39, 0.29) is 12.1 Å². The van der Waals surface area contributed by atoms with Crippen molar-refractivity contribution in [2.24, 2.45) is 5.92 Å². The molecule has 1 saturated carbocycles.